The Labute approximate surface area is 145 Å². The summed E-state index contributed by atoms with van der Waals surface area (Å²) >= 11 is 0. The Morgan fingerprint density at radius 2 is 1.92 bits per heavy atom. The molecule has 0 spiro atoms. The molecule has 25 heavy (non-hydrogen) atoms. The maximum absolute atomic E-state index is 12.0. The van der Waals surface area contributed by atoms with Crippen LogP contribution in [-0.4, -0.2) is 30.7 Å². The van der Waals surface area contributed by atoms with Gasteiger partial charge in [0.05, 0.1) is 25.0 Å². The minimum Gasteiger partial charge on any atom is -0.493 e. The van der Waals surface area contributed by atoms with E-state index in [0.717, 1.165) is 5.56 Å². The second kappa shape index (κ2) is 8.54. The minimum atomic E-state index is -1.10. The molecule has 130 valence electrons. The quantitative estimate of drug-likeness (QED) is 0.754. The predicted molar refractivity (Wildman–Crippen MR) is 95.2 cm³/mol. The zero-order chi connectivity index (χ0) is 18.2. The van der Waals surface area contributed by atoms with Crippen molar-refractivity contribution in [3.63, 3.8) is 0 Å². The molecule has 2 aromatic rings. The summed E-state index contributed by atoms with van der Waals surface area (Å²) in [6, 6.07) is 11.5. The molecule has 2 aromatic carbocycles. The molecule has 2 rings (SSSR count). The summed E-state index contributed by atoms with van der Waals surface area (Å²) in [6.07, 6.45) is 2.94. The molecule has 0 heterocycles. The number of para-hydroxylation sites is 1. The van der Waals surface area contributed by atoms with Crippen LogP contribution in [0.3, 0.4) is 0 Å². The maximum atomic E-state index is 12.0. The van der Waals surface area contributed by atoms with Gasteiger partial charge in [0, 0.05) is 6.08 Å². The van der Waals surface area contributed by atoms with Crippen LogP contribution in [0.25, 0.3) is 6.08 Å². The molecule has 0 atom stereocenters. The van der Waals surface area contributed by atoms with E-state index < -0.39 is 11.9 Å². The minimum absolute atomic E-state index is 0.0346. The summed E-state index contributed by atoms with van der Waals surface area (Å²) in [5, 5.41) is 11.7. The van der Waals surface area contributed by atoms with Crippen LogP contribution in [-0.2, 0) is 4.79 Å². The highest BCUT2D eigenvalue weighted by Gasteiger charge is 2.10. The highest BCUT2D eigenvalue weighted by molar-refractivity contribution is 6.06. The van der Waals surface area contributed by atoms with Gasteiger partial charge in [-0.1, -0.05) is 18.2 Å². The Bertz CT molecular complexity index is 798. The zero-order valence-electron chi connectivity index (χ0n) is 14.0. The highest BCUT2D eigenvalue weighted by atomic mass is 16.5. The average molecular weight is 341 g/mol. The third-order valence-corrected chi connectivity index (χ3v) is 3.33. The molecule has 0 unspecified atom stereocenters. The Morgan fingerprint density at radius 3 is 2.60 bits per heavy atom. The molecule has 0 aromatic heterocycles. The second-order valence-corrected chi connectivity index (χ2v) is 5.02. The van der Waals surface area contributed by atoms with Crippen molar-refractivity contribution >= 4 is 23.6 Å². The van der Waals surface area contributed by atoms with Gasteiger partial charge in [0.25, 0.3) is 0 Å². The van der Waals surface area contributed by atoms with Gasteiger partial charge in [-0.05, 0) is 42.8 Å². The lowest BCUT2D eigenvalue weighted by Crippen LogP contribution is -2.11. The number of rotatable bonds is 7. The van der Waals surface area contributed by atoms with Crippen molar-refractivity contribution in [2.75, 3.05) is 19.0 Å². The lowest BCUT2D eigenvalue weighted by molar-refractivity contribution is -0.111. The molecular weight excluding hydrogens is 322 g/mol. The zero-order valence-corrected chi connectivity index (χ0v) is 14.0. The first kappa shape index (κ1) is 18.1. The highest BCUT2D eigenvalue weighted by Crippen LogP contribution is 2.28. The van der Waals surface area contributed by atoms with Crippen molar-refractivity contribution in [2.45, 2.75) is 6.92 Å². The van der Waals surface area contributed by atoms with E-state index in [1.54, 1.807) is 43.5 Å². The fourth-order valence-corrected chi connectivity index (χ4v) is 2.19. The van der Waals surface area contributed by atoms with Gasteiger partial charge in [0.15, 0.2) is 11.5 Å². The third-order valence-electron chi connectivity index (χ3n) is 3.33. The molecule has 0 aliphatic heterocycles. The number of anilines is 1. The van der Waals surface area contributed by atoms with Crippen LogP contribution in [0.5, 0.6) is 11.5 Å². The molecule has 0 saturated carbocycles. The molecule has 1 amide bonds. The van der Waals surface area contributed by atoms with Crippen molar-refractivity contribution in [3.8, 4) is 11.5 Å². The van der Waals surface area contributed by atoms with Crippen LogP contribution in [0.2, 0.25) is 0 Å². The summed E-state index contributed by atoms with van der Waals surface area (Å²) in [6.45, 7) is 2.37. The number of carboxylic acids is 1. The smallest absolute Gasteiger partial charge is 0.337 e. The number of ether oxygens (including phenoxy) is 2. The van der Waals surface area contributed by atoms with Crippen LogP contribution in [0.15, 0.2) is 48.5 Å². The van der Waals surface area contributed by atoms with Crippen LogP contribution in [0, 0.1) is 0 Å². The van der Waals surface area contributed by atoms with Gasteiger partial charge in [-0.15, -0.1) is 0 Å². The first-order chi connectivity index (χ1) is 12.0. The number of carboxylic acid groups (broad SMARTS) is 1. The van der Waals surface area contributed by atoms with E-state index in [-0.39, 0.29) is 11.3 Å². The van der Waals surface area contributed by atoms with Crippen LogP contribution in [0.4, 0.5) is 5.69 Å². The van der Waals surface area contributed by atoms with Crippen LogP contribution in [0.1, 0.15) is 22.8 Å². The van der Waals surface area contributed by atoms with Gasteiger partial charge >= 0.3 is 5.97 Å². The standard InChI is InChI=1S/C19H19NO5/c1-3-25-17-12-13(8-10-16(17)24-2)9-11-18(21)20-15-7-5-4-6-14(15)19(22)23/h4-12H,3H2,1-2H3,(H,20,21)(H,22,23)/b11-9+. The molecule has 6 nitrogen and oxygen atoms in total. The number of methoxy groups -OCH3 is 1. The van der Waals surface area contributed by atoms with Crippen molar-refractivity contribution in [2.24, 2.45) is 0 Å². The van der Waals surface area contributed by atoms with Gasteiger partial charge < -0.3 is 19.9 Å². The molecule has 2 N–H and O–H groups in total. The first-order valence-electron chi connectivity index (χ1n) is 7.67. The third kappa shape index (κ3) is 4.84. The normalized spacial score (nSPS) is 10.5. The topological polar surface area (TPSA) is 84.9 Å². The lowest BCUT2D eigenvalue weighted by Gasteiger charge is -2.09. The van der Waals surface area contributed by atoms with Gasteiger partial charge in [-0.2, -0.15) is 0 Å². The van der Waals surface area contributed by atoms with E-state index in [4.69, 9.17) is 14.6 Å². The monoisotopic (exact) mass is 341 g/mol. The molecule has 6 heteroatoms. The van der Waals surface area contributed by atoms with Crippen molar-refractivity contribution < 1.29 is 24.2 Å². The number of hydrogen-bond acceptors (Lipinski definition) is 4. The van der Waals surface area contributed by atoms with E-state index >= 15 is 0 Å². The van der Waals surface area contributed by atoms with Gasteiger partial charge in [0.1, 0.15) is 0 Å². The molecular formula is C19H19NO5. The Balaban J connectivity index is 2.13. The van der Waals surface area contributed by atoms with Crippen LogP contribution < -0.4 is 14.8 Å². The van der Waals surface area contributed by atoms with Crippen molar-refractivity contribution in [3.05, 3.63) is 59.7 Å². The summed E-state index contributed by atoms with van der Waals surface area (Å²) in [4.78, 5) is 23.2. The van der Waals surface area contributed by atoms with Gasteiger partial charge in [-0.3, -0.25) is 4.79 Å². The summed E-state index contributed by atoms with van der Waals surface area (Å²) < 4.78 is 10.7. The number of carbonyl (C=O) groups excluding carboxylic acids is 1. The van der Waals surface area contributed by atoms with Gasteiger partial charge in [-0.25, -0.2) is 4.79 Å². The van der Waals surface area contributed by atoms with Crippen LogP contribution >= 0.6 is 0 Å². The molecule has 0 fully saturated rings. The average Bonchev–Trinajstić information content (AvgIpc) is 2.61. The van der Waals surface area contributed by atoms with Crippen molar-refractivity contribution in [1.29, 1.82) is 0 Å². The number of aromatic carboxylic acids is 1. The Morgan fingerprint density at radius 1 is 1.16 bits per heavy atom. The van der Waals surface area contributed by atoms with E-state index in [9.17, 15) is 9.59 Å². The molecule has 0 aliphatic carbocycles. The second-order valence-electron chi connectivity index (χ2n) is 5.02. The summed E-state index contributed by atoms with van der Waals surface area (Å²) in [5.74, 6) is -0.332. The number of benzene rings is 2. The molecule has 0 aliphatic rings. The molecule has 0 bridgehead atoms. The van der Waals surface area contributed by atoms with E-state index in [1.165, 1.54) is 18.2 Å². The Hall–Kier alpha value is -3.28. The lowest BCUT2D eigenvalue weighted by atomic mass is 10.1. The SMILES string of the molecule is CCOc1cc(/C=C/C(=O)Nc2ccccc2C(=O)O)ccc1OC. The maximum Gasteiger partial charge on any atom is 0.337 e. The first-order valence-corrected chi connectivity index (χ1v) is 7.67. The predicted octanol–water partition coefficient (Wildman–Crippen LogP) is 3.44. The van der Waals surface area contributed by atoms with Gasteiger partial charge in [0.2, 0.25) is 5.91 Å². The van der Waals surface area contributed by atoms with E-state index in [2.05, 4.69) is 5.32 Å². The fourth-order valence-electron chi connectivity index (χ4n) is 2.19. The van der Waals surface area contributed by atoms with E-state index in [1.807, 2.05) is 6.92 Å². The Kier molecular flexibility index (Phi) is 6.17. The fraction of sp³-hybridized carbons (Fsp3) is 0.158. The number of hydrogen-bond donors (Lipinski definition) is 2. The van der Waals surface area contributed by atoms with Crippen molar-refractivity contribution in [1.82, 2.24) is 0 Å². The summed E-state index contributed by atoms with van der Waals surface area (Å²) in [7, 11) is 1.56. The largest absolute Gasteiger partial charge is 0.493 e. The number of carbonyl (C=O) groups is 2. The van der Waals surface area contributed by atoms with E-state index in [0.29, 0.717) is 18.1 Å². The number of nitrogens with one attached hydrogen (secondary N) is 1. The molecule has 0 saturated heterocycles. The number of amides is 1. The molecule has 0 radical (unpaired) electrons. The summed E-state index contributed by atoms with van der Waals surface area (Å²) in [5.41, 5.74) is 1.03.